The number of aldehydes is 1. The number of aliphatic hydroxyl groups excluding tert-OH is 4. The van der Waals surface area contributed by atoms with Crippen molar-refractivity contribution in [2.24, 2.45) is 17.6 Å². The molecule has 21 heteroatoms. The highest BCUT2D eigenvalue weighted by atomic mass is 33.1. The van der Waals surface area contributed by atoms with E-state index in [1.54, 1.807) is 0 Å². The van der Waals surface area contributed by atoms with Crippen LogP contribution in [-0.2, 0) is 25.7 Å². The molecule has 6 aliphatic heterocycles. The Morgan fingerprint density at radius 3 is 2.65 bits per heavy atom. The second-order valence-corrected chi connectivity index (χ2v) is 20.7. The van der Waals surface area contributed by atoms with Gasteiger partial charge in [0.2, 0.25) is 12.2 Å². The summed E-state index contributed by atoms with van der Waals surface area (Å²) in [6.07, 6.45) is -8.88. The van der Waals surface area contributed by atoms with E-state index >= 15 is 4.79 Å². The number of fused-ring (bicyclic) bond motifs is 11. The van der Waals surface area contributed by atoms with Crippen LogP contribution in [-0.4, -0.2) is 153 Å². The van der Waals surface area contributed by atoms with Crippen molar-refractivity contribution in [3.63, 3.8) is 0 Å². The maximum atomic E-state index is 15.0. The van der Waals surface area contributed by atoms with Gasteiger partial charge in [-0.2, -0.15) is 0 Å². The van der Waals surface area contributed by atoms with Crippen LogP contribution in [0.15, 0.2) is 48.5 Å². The molecular formula is C47H51N5O14S2. The third-order valence-electron chi connectivity index (χ3n) is 14.0. The summed E-state index contributed by atoms with van der Waals surface area (Å²) in [6, 6.07) is 12.6. The van der Waals surface area contributed by atoms with Crippen LogP contribution in [0.3, 0.4) is 0 Å². The zero-order chi connectivity index (χ0) is 47.6. The van der Waals surface area contributed by atoms with Gasteiger partial charge < -0.3 is 64.6 Å². The average Bonchev–Trinajstić information content (AvgIpc) is 3.74. The lowest BCUT2D eigenvalue weighted by atomic mass is 9.74. The number of nitrogens with two attached hydrogens (primary N) is 1. The quantitative estimate of drug-likeness (QED) is 0.0587. The van der Waals surface area contributed by atoms with Crippen molar-refractivity contribution >= 4 is 51.0 Å². The fourth-order valence-corrected chi connectivity index (χ4v) is 13.1. The molecule has 3 aromatic rings. The molecule has 0 unspecified atom stereocenters. The first-order valence-electron chi connectivity index (χ1n) is 22.4. The summed E-state index contributed by atoms with van der Waals surface area (Å²) in [4.78, 5) is 56.9. The van der Waals surface area contributed by atoms with Gasteiger partial charge >= 0.3 is 0 Å². The van der Waals surface area contributed by atoms with Crippen LogP contribution in [0.1, 0.15) is 73.7 Å². The van der Waals surface area contributed by atoms with Gasteiger partial charge in [-0.05, 0) is 54.2 Å². The fraction of sp³-hybridized carbons (Fsp3) is 0.489. The highest BCUT2D eigenvalue weighted by Crippen LogP contribution is 2.53. The first-order chi connectivity index (χ1) is 32.7. The molecule has 0 radical (unpaired) electrons. The van der Waals surface area contributed by atoms with E-state index < -0.39 is 103 Å². The molecule has 360 valence electrons. The second-order valence-electron chi connectivity index (χ2n) is 18.2. The van der Waals surface area contributed by atoms with Crippen LogP contribution in [0.4, 0.5) is 5.69 Å². The van der Waals surface area contributed by atoms with Crippen molar-refractivity contribution in [3.05, 3.63) is 87.5 Å². The predicted octanol–water partition coefficient (Wildman–Crippen LogP) is -0.819. The van der Waals surface area contributed by atoms with Crippen molar-refractivity contribution in [1.82, 2.24) is 16.0 Å². The lowest BCUT2D eigenvalue weighted by molar-refractivity contribution is -0.332. The number of hydrogen-bond acceptors (Lipinski definition) is 20. The Labute approximate surface area is 397 Å². The van der Waals surface area contributed by atoms with Crippen LogP contribution in [0.5, 0.6) is 11.5 Å². The minimum atomic E-state index is -2.46. The lowest BCUT2D eigenvalue weighted by Gasteiger charge is -2.51. The number of benzene rings is 3. The number of amides is 1. The van der Waals surface area contributed by atoms with E-state index in [1.165, 1.54) is 35.1 Å². The standard InChI is InChI=1S/C47H51N5O14S2/c48-45-50-41-36(42(59)51-45)49-21-52(41)31-4-2-1-3-27(31)34-23-6-8-32(56)24-9-11-46(61)33(18-63-16-23)65-44(47(62,43(46)60)20-68-67-19-24)66-39-30(34)14-29-35(40(39)64-17-25(55)10-12-53)38(58)28-13-22(15-54)5-7-26(28)37(29)57/h1-5,7,12-14,23-25,32-34,36,41,43-45,49-50,54-56,60-62H,6,8,10,15-21,48H2,(H,51,59)/t23-,24+,25+,32+,33-,34-,36+,41-,43+,44+,45-,46-,47-/m0/s1. The van der Waals surface area contributed by atoms with Gasteiger partial charge in [0.15, 0.2) is 34.3 Å². The van der Waals surface area contributed by atoms with E-state index in [-0.39, 0.29) is 95.9 Å². The van der Waals surface area contributed by atoms with Crippen molar-refractivity contribution in [3.8, 4) is 23.3 Å². The van der Waals surface area contributed by atoms with Crippen molar-refractivity contribution in [2.45, 2.75) is 92.2 Å². The molecule has 7 aliphatic rings. The molecule has 3 aromatic carbocycles. The Balaban J connectivity index is 1.28. The van der Waals surface area contributed by atoms with E-state index in [9.17, 15) is 45.0 Å². The Hall–Kier alpha value is -4.64. The largest absolute Gasteiger partial charge is 0.486 e. The Morgan fingerprint density at radius 2 is 1.84 bits per heavy atom. The van der Waals surface area contributed by atoms with E-state index in [0.29, 0.717) is 23.1 Å². The van der Waals surface area contributed by atoms with Crippen molar-refractivity contribution in [2.75, 3.05) is 42.9 Å². The van der Waals surface area contributed by atoms with E-state index in [0.717, 1.165) is 10.8 Å². The molecule has 6 bridgehead atoms. The van der Waals surface area contributed by atoms with Gasteiger partial charge in [0, 0.05) is 51.8 Å². The Bertz CT molecular complexity index is 2600. The number of ether oxygens (including phenoxy) is 4. The molecule has 1 amide bonds. The van der Waals surface area contributed by atoms with E-state index in [2.05, 4.69) is 27.8 Å². The normalized spacial score (nSPS) is 34.5. The molecule has 1 aliphatic carbocycles. The lowest BCUT2D eigenvalue weighted by Crippen LogP contribution is -2.74. The summed E-state index contributed by atoms with van der Waals surface area (Å²) in [7, 11) is 2.43. The summed E-state index contributed by atoms with van der Waals surface area (Å²) in [5.74, 6) is 1.29. The van der Waals surface area contributed by atoms with E-state index in [1.807, 2.05) is 29.2 Å². The SMILES string of the molecule is N[C@@H]1NC(=O)[C@@H]2NCN(c3ccccc3[C@H]3c4cc5c(c(OC[C@H](O)CC=O)c4O[C@H]4O[C@H]6COC[C@@H]3CC[C@@H](O)[C@@H]3C#C[C@@]6(O)[C@@H](O)[C@@]4(O)CSSC3)C(=O)c3cc(CO)ccc3C5=O)[C@@H]2N1. The van der Waals surface area contributed by atoms with Crippen LogP contribution in [0, 0.1) is 23.7 Å². The molecule has 0 saturated carbocycles. The molecule has 3 fully saturated rings. The van der Waals surface area contributed by atoms with Crippen LogP contribution < -0.4 is 36.1 Å². The zero-order valence-corrected chi connectivity index (χ0v) is 38.0. The number of carbonyl (C=O) groups is 4. The average molecular weight is 974 g/mol. The molecule has 6 heterocycles. The van der Waals surface area contributed by atoms with Gasteiger partial charge in [-0.1, -0.05) is 57.7 Å². The van der Waals surface area contributed by atoms with Crippen LogP contribution in [0.2, 0.25) is 0 Å². The number of nitrogens with zero attached hydrogens (tertiary/aromatic N) is 1. The molecule has 68 heavy (non-hydrogen) atoms. The third-order valence-corrected chi connectivity index (χ3v) is 16.5. The number of ketones is 2. The number of rotatable bonds is 8. The summed E-state index contributed by atoms with van der Waals surface area (Å²) < 4.78 is 26.4. The molecule has 0 aromatic heterocycles. The molecule has 0 spiro atoms. The van der Waals surface area contributed by atoms with Gasteiger partial charge in [-0.15, -0.1) is 0 Å². The number of aliphatic hydroxyl groups is 6. The van der Waals surface area contributed by atoms with Gasteiger partial charge in [0.25, 0.3) is 0 Å². The van der Waals surface area contributed by atoms with E-state index in [4.69, 9.17) is 24.7 Å². The highest BCUT2D eigenvalue weighted by molar-refractivity contribution is 8.76. The minimum absolute atomic E-state index is 0.0453. The maximum absolute atomic E-state index is 15.0. The fourth-order valence-electron chi connectivity index (χ4n) is 10.4. The van der Waals surface area contributed by atoms with Crippen LogP contribution in [0.25, 0.3) is 0 Å². The first-order valence-corrected chi connectivity index (χ1v) is 24.9. The second kappa shape index (κ2) is 18.6. The monoisotopic (exact) mass is 973 g/mol. The molecule has 10 rings (SSSR count). The van der Waals surface area contributed by atoms with Crippen LogP contribution >= 0.6 is 21.6 Å². The summed E-state index contributed by atoms with van der Waals surface area (Å²) >= 11 is 0. The Kier molecular flexibility index (Phi) is 12.9. The number of hydrogen-bond donors (Lipinski definition) is 10. The summed E-state index contributed by atoms with van der Waals surface area (Å²) in [5.41, 5.74) is 2.71. The number of anilines is 1. The van der Waals surface area contributed by atoms with Crippen molar-refractivity contribution < 1.29 is 68.8 Å². The van der Waals surface area contributed by atoms with Gasteiger partial charge in [0.05, 0.1) is 50.2 Å². The first kappa shape index (κ1) is 47.1. The highest BCUT2D eigenvalue weighted by Gasteiger charge is 2.64. The smallest absolute Gasteiger partial charge is 0.242 e. The zero-order valence-electron chi connectivity index (χ0n) is 36.4. The molecule has 11 N–H and O–H groups in total. The molecule has 13 atom stereocenters. The van der Waals surface area contributed by atoms with Gasteiger partial charge in [-0.25, -0.2) is 0 Å². The van der Waals surface area contributed by atoms with Gasteiger partial charge in [-0.3, -0.25) is 30.8 Å². The topological polar surface area (TPSA) is 292 Å². The molecule has 19 nitrogen and oxygen atoms in total. The number of para-hydroxylation sites is 1. The predicted molar refractivity (Wildman–Crippen MR) is 244 cm³/mol. The third kappa shape index (κ3) is 7.98. The molecule has 3 saturated heterocycles. The summed E-state index contributed by atoms with van der Waals surface area (Å²) in [5, 5.41) is 79.9. The maximum Gasteiger partial charge on any atom is 0.242 e. The Morgan fingerprint density at radius 1 is 1.01 bits per heavy atom. The number of carbonyl (C=O) groups excluding carboxylic acids is 4. The minimum Gasteiger partial charge on any atom is -0.486 e. The molecular weight excluding hydrogens is 923 g/mol. The summed E-state index contributed by atoms with van der Waals surface area (Å²) in [6.45, 7) is -1.29. The van der Waals surface area contributed by atoms with Gasteiger partial charge in [0.1, 0.15) is 43.6 Å². The number of nitrogens with one attached hydrogen (secondary N) is 3. The van der Waals surface area contributed by atoms with Crippen molar-refractivity contribution in [1.29, 1.82) is 0 Å².